The summed E-state index contributed by atoms with van der Waals surface area (Å²) in [5.74, 6) is -0.715. The van der Waals surface area contributed by atoms with Crippen molar-refractivity contribution in [3.05, 3.63) is 87.3 Å². The van der Waals surface area contributed by atoms with Crippen molar-refractivity contribution >= 4 is 23.6 Å². The molecule has 3 aromatic carbocycles. The highest BCUT2D eigenvalue weighted by atomic mass is 16.6. The van der Waals surface area contributed by atoms with Crippen molar-refractivity contribution < 1.29 is 33.3 Å². The predicted octanol–water partition coefficient (Wildman–Crippen LogP) is 5.05. The van der Waals surface area contributed by atoms with Gasteiger partial charge >= 0.3 is 17.9 Å². The van der Waals surface area contributed by atoms with Crippen molar-refractivity contribution in [1.82, 2.24) is 0 Å². The van der Waals surface area contributed by atoms with Crippen LogP contribution in [0, 0.1) is 0 Å². The van der Waals surface area contributed by atoms with Crippen LogP contribution in [-0.4, -0.2) is 17.9 Å². The van der Waals surface area contributed by atoms with Crippen LogP contribution in [0.15, 0.2) is 59.7 Å². The third-order valence-electron chi connectivity index (χ3n) is 5.43. The number of carbonyl (C=O) groups is 3. The minimum atomic E-state index is -1.44. The average Bonchev–Trinajstić information content (AvgIpc) is 3.07. The number of hydrogen-bond acceptors (Lipinski definition) is 8. The van der Waals surface area contributed by atoms with Crippen molar-refractivity contribution in [3.63, 3.8) is 0 Å². The second-order valence-electron chi connectivity index (χ2n) is 7.57. The lowest BCUT2D eigenvalue weighted by atomic mass is 9.77. The number of benzene rings is 3. The van der Waals surface area contributed by atoms with E-state index in [4.69, 9.17) is 24.5 Å². The molecule has 0 saturated carbocycles. The summed E-state index contributed by atoms with van der Waals surface area (Å²) in [5, 5.41) is 3.65. The predicted molar refractivity (Wildman–Crippen MR) is 116 cm³/mol. The van der Waals surface area contributed by atoms with Crippen molar-refractivity contribution in [2.24, 2.45) is 5.11 Å². The van der Waals surface area contributed by atoms with E-state index in [0.29, 0.717) is 16.7 Å². The largest absolute Gasteiger partial charge is 0.456 e. The summed E-state index contributed by atoms with van der Waals surface area (Å²) in [6.07, 6.45) is 0. The van der Waals surface area contributed by atoms with E-state index in [1.165, 1.54) is 32.0 Å². The molecule has 10 nitrogen and oxygen atoms in total. The second kappa shape index (κ2) is 7.65. The fourth-order valence-corrected chi connectivity index (χ4v) is 4.30. The van der Waals surface area contributed by atoms with Gasteiger partial charge in [-0.1, -0.05) is 23.3 Å². The molecule has 0 N–H and O–H groups in total. The number of rotatable bonds is 3. The molecule has 0 amide bonds. The van der Waals surface area contributed by atoms with Gasteiger partial charge in [0.2, 0.25) is 0 Å². The zero-order chi connectivity index (χ0) is 24.0. The Bertz CT molecular complexity index is 1390. The molecule has 10 heteroatoms. The SMILES string of the molecule is CC(=O)Oc1ccc2c(c1)Oc1cc(OC(C)=O)ccc1C21OC(=O)c2c(N=[N+]=[N-])cccc21. The minimum Gasteiger partial charge on any atom is -0.456 e. The second-order valence-corrected chi connectivity index (χ2v) is 7.57. The van der Waals surface area contributed by atoms with E-state index in [2.05, 4.69) is 10.0 Å². The van der Waals surface area contributed by atoms with Gasteiger partial charge in [-0.2, -0.15) is 0 Å². The molecule has 0 aliphatic carbocycles. The molecule has 168 valence electrons. The van der Waals surface area contributed by atoms with E-state index < -0.39 is 23.5 Å². The molecule has 2 aliphatic heterocycles. The fourth-order valence-electron chi connectivity index (χ4n) is 4.30. The molecule has 3 aromatic rings. The van der Waals surface area contributed by atoms with E-state index >= 15 is 0 Å². The first-order valence-corrected chi connectivity index (χ1v) is 10.1. The normalized spacial score (nSPS) is 14.0. The van der Waals surface area contributed by atoms with Crippen LogP contribution in [0.2, 0.25) is 0 Å². The highest BCUT2D eigenvalue weighted by Crippen LogP contribution is 2.58. The molecule has 2 heterocycles. The van der Waals surface area contributed by atoms with Crippen LogP contribution < -0.4 is 14.2 Å². The lowest BCUT2D eigenvalue weighted by Crippen LogP contribution is -2.33. The number of esters is 3. The van der Waals surface area contributed by atoms with E-state index in [-0.39, 0.29) is 34.2 Å². The lowest BCUT2D eigenvalue weighted by Gasteiger charge is -2.36. The summed E-state index contributed by atoms with van der Waals surface area (Å²) < 4.78 is 22.5. The lowest BCUT2D eigenvalue weighted by molar-refractivity contribution is -0.132. The van der Waals surface area contributed by atoms with Gasteiger partial charge in [-0.05, 0) is 29.8 Å². The first kappa shape index (κ1) is 21.0. The smallest absolute Gasteiger partial charge is 0.340 e. The summed E-state index contributed by atoms with van der Waals surface area (Å²) in [6, 6.07) is 14.3. The van der Waals surface area contributed by atoms with Crippen molar-refractivity contribution in [3.8, 4) is 23.0 Å². The number of ether oxygens (including phenoxy) is 4. The van der Waals surface area contributed by atoms with Gasteiger partial charge in [-0.3, -0.25) is 9.59 Å². The van der Waals surface area contributed by atoms with Crippen molar-refractivity contribution in [2.45, 2.75) is 19.4 Å². The molecule has 5 rings (SSSR count). The Morgan fingerprint density at radius 2 is 1.50 bits per heavy atom. The van der Waals surface area contributed by atoms with Crippen LogP contribution in [0.3, 0.4) is 0 Å². The van der Waals surface area contributed by atoms with Crippen LogP contribution in [-0.2, 0) is 19.9 Å². The Labute approximate surface area is 192 Å². The first-order valence-electron chi connectivity index (χ1n) is 10.1. The van der Waals surface area contributed by atoms with Gasteiger partial charge in [0, 0.05) is 47.6 Å². The molecular formula is C24H15N3O7. The maximum Gasteiger partial charge on any atom is 0.340 e. The van der Waals surface area contributed by atoms with Gasteiger partial charge in [-0.15, -0.1) is 0 Å². The number of fused-ring (bicyclic) bond motifs is 6. The van der Waals surface area contributed by atoms with Gasteiger partial charge in [0.25, 0.3) is 0 Å². The Morgan fingerprint density at radius 3 is 2.03 bits per heavy atom. The topological polar surface area (TPSA) is 137 Å². The molecule has 0 unspecified atom stereocenters. The first-order chi connectivity index (χ1) is 16.3. The van der Waals surface area contributed by atoms with Crippen LogP contribution >= 0.6 is 0 Å². The Kier molecular flexibility index (Phi) is 4.73. The molecule has 0 aromatic heterocycles. The molecule has 34 heavy (non-hydrogen) atoms. The average molecular weight is 457 g/mol. The summed E-state index contributed by atoms with van der Waals surface area (Å²) in [7, 11) is 0. The fraction of sp³-hybridized carbons (Fsp3) is 0.125. The standard InChI is InChI=1S/C24H15N3O7/c1-12(28)31-14-6-8-16-20(10-14)33-21-11-15(32-13(2)29)7-9-17(21)24(16)18-4-3-5-19(26-27-25)22(18)23(30)34-24/h3-11H,1-2H3. The molecule has 0 fully saturated rings. The van der Waals surface area contributed by atoms with E-state index in [0.717, 1.165) is 0 Å². The summed E-state index contributed by atoms with van der Waals surface area (Å²) in [6.45, 7) is 2.55. The van der Waals surface area contributed by atoms with Gasteiger partial charge in [0.1, 0.15) is 23.0 Å². The zero-order valence-corrected chi connectivity index (χ0v) is 17.9. The van der Waals surface area contributed by atoms with E-state index in [9.17, 15) is 14.4 Å². The molecule has 1 spiro atoms. The number of nitrogens with zero attached hydrogens (tertiary/aromatic N) is 3. The van der Waals surface area contributed by atoms with Crippen molar-refractivity contribution in [2.75, 3.05) is 0 Å². The van der Waals surface area contributed by atoms with Crippen LogP contribution in [0.25, 0.3) is 10.4 Å². The maximum atomic E-state index is 13.1. The summed E-state index contributed by atoms with van der Waals surface area (Å²) in [4.78, 5) is 38.8. The van der Waals surface area contributed by atoms with Gasteiger partial charge in [-0.25, -0.2) is 4.79 Å². The molecule has 0 bridgehead atoms. The molecule has 0 atom stereocenters. The molecule has 2 aliphatic rings. The molecule has 0 radical (unpaired) electrons. The highest BCUT2D eigenvalue weighted by Gasteiger charge is 2.54. The third-order valence-corrected chi connectivity index (χ3v) is 5.43. The van der Waals surface area contributed by atoms with E-state index in [1.807, 2.05) is 0 Å². The zero-order valence-electron chi connectivity index (χ0n) is 17.9. The number of carbonyl (C=O) groups excluding carboxylic acids is 3. The van der Waals surface area contributed by atoms with Crippen molar-refractivity contribution in [1.29, 1.82) is 0 Å². The van der Waals surface area contributed by atoms with Crippen LogP contribution in [0.1, 0.15) is 40.9 Å². The monoisotopic (exact) mass is 457 g/mol. The number of azide groups is 1. The maximum absolute atomic E-state index is 13.1. The molecule has 0 saturated heterocycles. The van der Waals surface area contributed by atoms with Crippen LogP contribution in [0.5, 0.6) is 23.0 Å². The quantitative estimate of drug-likeness (QED) is 0.176. The molecular weight excluding hydrogens is 442 g/mol. The van der Waals surface area contributed by atoms with Gasteiger partial charge in [0.05, 0.1) is 11.3 Å². The number of hydrogen-bond donors (Lipinski definition) is 0. The summed E-state index contributed by atoms with van der Waals surface area (Å²) in [5.41, 5.74) is 9.18. The van der Waals surface area contributed by atoms with Crippen LogP contribution in [0.4, 0.5) is 5.69 Å². The Hall–Kier alpha value is -4.82. The minimum absolute atomic E-state index is 0.129. The Balaban J connectivity index is 1.80. The Morgan fingerprint density at radius 1 is 0.912 bits per heavy atom. The van der Waals surface area contributed by atoms with Gasteiger partial charge < -0.3 is 18.9 Å². The van der Waals surface area contributed by atoms with E-state index in [1.54, 1.807) is 36.4 Å². The third kappa shape index (κ3) is 3.13. The summed E-state index contributed by atoms with van der Waals surface area (Å²) >= 11 is 0. The highest BCUT2D eigenvalue weighted by molar-refractivity contribution is 6.01. The van der Waals surface area contributed by atoms with Gasteiger partial charge in [0.15, 0.2) is 5.60 Å².